The van der Waals surface area contributed by atoms with Crippen molar-refractivity contribution in [3.63, 3.8) is 0 Å². The molecule has 2 heterocycles. The molecule has 0 saturated heterocycles. The van der Waals surface area contributed by atoms with Gasteiger partial charge in [0, 0.05) is 40.7 Å². The predicted octanol–water partition coefficient (Wildman–Crippen LogP) is 3.62. The van der Waals surface area contributed by atoms with E-state index in [0.717, 1.165) is 24.0 Å². The van der Waals surface area contributed by atoms with Crippen LogP contribution in [0.15, 0.2) is 45.6 Å². The van der Waals surface area contributed by atoms with Crippen molar-refractivity contribution in [2.45, 2.75) is 76.5 Å². The van der Waals surface area contributed by atoms with E-state index in [0.29, 0.717) is 47.0 Å². The Bertz CT molecular complexity index is 1480. The summed E-state index contributed by atoms with van der Waals surface area (Å²) in [5.41, 5.74) is 1.61. The number of methoxy groups -OCH3 is 1. The molecule has 0 unspecified atom stereocenters. The molecule has 8 heteroatoms. The molecule has 5 saturated carbocycles. The molecule has 9 aliphatic rings. The van der Waals surface area contributed by atoms with Gasteiger partial charge in [-0.15, -0.1) is 0 Å². The Balaban J connectivity index is 1.45. The van der Waals surface area contributed by atoms with E-state index < -0.39 is 34.5 Å². The summed E-state index contributed by atoms with van der Waals surface area (Å²) in [5.74, 6) is -1.83. The number of hydrogen-bond acceptors (Lipinski definition) is 8. The van der Waals surface area contributed by atoms with Crippen molar-refractivity contribution in [3.8, 4) is 0 Å². The van der Waals surface area contributed by atoms with Crippen LogP contribution in [0.5, 0.6) is 0 Å². The molecule has 0 amide bonds. The maximum Gasteiger partial charge on any atom is 0.337 e. The van der Waals surface area contributed by atoms with Crippen molar-refractivity contribution < 1.29 is 39.1 Å². The highest BCUT2D eigenvalue weighted by atomic mass is 17.1. The van der Waals surface area contributed by atoms with Crippen LogP contribution >= 0.6 is 0 Å². The molecule has 0 aromatic heterocycles. The zero-order valence-corrected chi connectivity index (χ0v) is 22.9. The molecule has 7 aliphatic carbocycles. The summed E-state index contributed by atoms with van der Waals surface area (Å²) in [4.78, 5) is 32.6. The Kier molecular flexibility index (Phi) is 3.70. The largest absolute Gasteiger partial charge is 0.446 e. The van der Waals surface area contributed by atoms with Gasteiger partial charge in [0.25, 0.3) is 5.79 Å². The fourth-order valence-electron chi connectivity index (χ4n) is 11.8. The van der Waals surface area contributed by atoms with E-state index in [4.69, 9.17) is 19.1 Å². The first kappa shape index (κ1) is 23.4. The predicted molar refractivity (Wildman–Crippen MR) is 134 cm³/mol. The molecule has 206 valence electrons. The number of rotatable bonds is 2. The second-order valence-electron chi connectivity index (χ2n) is 14.3. The lowest BCUT2D eigenvalue weighted by Crippen LogP contribution is -2.68. The lowest BCUT2D eigenvalue weighted by atomic mass is 9.43. The minimum Gasteiger partial charge on any atom is -0.446 e. The number of allylic oxidation sites excluding steroid dienone is 1. The second-order valence-corrected chi connectivity index (χ2v) is 14.3. The van der Waals surface area contributed by atoms with Crippen LogP contribution in [0.25, 0.3) is 0 Å². The first-order valence-electron chi connectivity index (χ1n) is 14.3. The van der Waals surface area contributed by atoms with Gasteiger partial charge in [-0.25, -0.2) is 14.5 Å². The molecule has 2 N–H and O–H groups in total. The average Bonchev–Trinajstić information content (AvgIpc) is 3.81. The molecule has 0 aromatic rings. The fraction of sp³-hybridized carbons (Fsp3) is 0.677. The first-order valence-corrected chi connectivity index (χ1v) is 14.3. The molecular formula is C31H34O8. The maximum atomic E-state index is 13.6. The number of fused-ring (bicyclic) bond motifs is 9. The van der Waals surface area contributed by atoms with E-state index in [2.05, 4.69) is 13.5 Å². The highest BCUT2D eigenvalue weighted by Crippen LogP contribution is 2.84. The zero-order chi connectivity index (χ0) is 27.4. The standard InChI is InChI=1S/C31H34O8/c1-11-14-7-17(14)27(4)15(11)8-16-12(2)24(32)37-30(16)20(27)10-29(39-35)19-9-18(19)28(5)23(29)22(30)21-13(3)25(33)38-31(21,36-6)26(28)34/h14-15,17-20,26,34-35H,1,7-10H2,2-6H3/t14-,15+,17-,18-,19+,20+,26-,27-,28+,29+,30+,31+/m1/s1. The molecule has 0 radical (unpaired) electrons. The Hall–Kier alpha value is -2.26. The van der Waals surface area contributed by atoms with Gasteiger partial charge in [0.05, 0.1) is 0 Å². The van der Waals surface area contributed by atoms with Gasteiger partial charge in [-0.2, -0.15) is 0 Å². The number of aliphatic hydroxyl groups excluding tert-OH is 1. The number of carbonyl (C=O) groups is 2. The maximum absolute atomic E-state index is 13.6. The molecule has 12 atom stereocenters. The van der Waals surface area contributed by atoms with Crippen molar-refractivity contribution in [1.29, 1.82) is 0 Å². The van der Waals surface area contributed by atoms with Crippen LogP contribution in [-0.2, 0) is 28.7 Å². The lowest BCUT2D eigenvalue weighted by molar-refractivity contribution is -0.332. The van der Waals surface area contributed by atoms with Gasteiger partial charge in [0.1, 0.15) is 11.7 Å². The summed E-state index contributed by atoms with van der Waals surface area (Å²) in [6.45, 7) is 12.4. The Morgan fingerprint density at radius 1 is 1.00 bits per heavy atom. The molecule has 0 aromatic carbocycles. The van der Waals surface area contributed by atoms with E-state index in [-0.39, 0.29) is 35.1 Å². The lowest BCUT2D eigenvalue weighted by Gasteiger charge is -2.64. The van der Waals surface area contributed by atoms with Crippen LogP contribution in [0.3, 0.4) is 0 Å². The van der Waals surface area contributed by atoms with Crippen molar-refractivity contribution in [1.82, 2.24) is 0 Å². The molecule has 9 rings (SSSR count). The summed E-state index contributed by atoms with van der Waals surface area (Å²) in [6.07, 6.45) is 1.75. The third kappa shape index (κ3) is 1.94. The van der Waals surface area contributed by atoms with Crippen LogP contribution in [0.1, 0.15) is 53.4 Å². The summed E-state index contributed by atoms with van der Waals surface area (Å²) in [5, 5.41) is 23.0. The van der Waals surface area contributed by atoms with Crippen LogP contribution < -0.4 is 0 Å². The second kappa shape index (κ2) is 6.15. The number of aliphatic hydroxyl groups is 1. The van der Waals surface area contributed by atoms with Gasteiger partial charge in [-0.05, 0) is 85.7 Å². The Morgan fingerprint density at radius 2 is 1.72 bits per heavy atom. The van der Waals surface area contributed by atoms with E-state index in [1.165, 1.54) is 12.7 Å². The summed E-state index contributed by atoms with van der Waals surface area (Å²) >= 11 is 0. The smallest absolute Gasteiger partial charge is 0.337 e. The van der Waals surface area contributed by atoms with E-state index in [1.54, 1.807) is 6.92 Å². The molecule has 5 fully saturated rings. The van der Waals surface area contributed by atoms with Gasteiger partial charge in [-0.3, -0.25) is 5.26 Å². The molecule has 8 nitrogen and oxygen atoms in total. The van der Waals surface area contributed by atoms with Crippen molar-refractivity contribution in [2.75, 3.05) is 7.11 Å². The quantitative estimate of drug-likeness (QED) is 0.239. The van der Waals surface area contributed by atoms with Crippen molar-refractivity contribution in [3.05, 3.63) is 45.6 Å². The highest BCUT2D eigenvalue weighted by molar-refractivity contribution is 5.98. The normalized spacial score (nSPS) is 56.9. The average molecular weight is 535 g/mol. The van der Waals surface area contributed by atoms with Gasteiger partial charge >= 0.3 is 11.9 Å². The highest BCUT2D eigenvalue weighted by Gasteiger charge is 2.87. The summed E-state index contributed by atoms with van der Waals surface area (Å²) in [7, 11) is 1.45. The molecule has 39 heavy (non-hydrogen) atoms. The third-order valence-corrected chi connectivity index (χ3v) is 13.5. The number of carbonyl (C=O) groups excluding carboxylic acids is 2. The van der Waals surface area contributed by atoms with Crippen LogP contribution in [-0.4, -0.2) is 52.5 Å². The SMILES string of the molecule is C=C1[C@H]2C[C@H]2[C@]2(C)[C@@H]3C[C@@]4(OO)C5=C(C6=C(C)C(=O)O[C@]6(OC)[C@H](O)[C@@]5(C)[C@@H]5C[C@@H]54)[C@@]34OC(=O)C(C)=C4C[C@@H]12. The molecule has 2 aliphatic heterocycles. The topological polar surface area (TPSA) is 112 Å². The van der Waals surface area contributed by atoms with Crippen molar-refractivity contribution >= 4 is 11.9 Å². The minimum atomic E-state index is -1.74. The van der Waals surface area contributed by atoms with E-state index in [9.17, 15) is 20.0 Å². The number of hydrogen-bond donors (Lipinski definition) is 2. The van der Waals surface area contributed by atoms with Crippen LogP contribution in [0, 0.1) is 46.3 Å². The van der Waals surface area contributed by atoms with Crippen LogP contribution in [0.2, 0.25) is 0 Å². The minimum absolute atomic E-state index is 0.00385. The molecular weight excluding hydrogens is 500 g/mol. The van der Waals surface area contributed by atoms with E-state index in [1.807, 2.05) is 13.8 Å². The molecule has 1 spiro atoms. The fourth-order valence-corrected chi connectivity index (χ4v) is 11.8. The summed E-state index contributed by atoms with van der Waals surface area (Å²) in [6, 6.07) is 0. The van der Waals surface area contributed by atoms with E-state index >= 15 is 0 Å². The number of ether oxygens (including phenoxy) is 3. The van der Waals surface area contributed by atoms with Gasteiger partial charge in [0.15, 0.2) is 5.60 Å². The van der Waals surface area contributed by atoms with Gasteiger partial charge < -0.3 is 19.3 Å². The van der Waals surface area contributed by atoms with Gasteiger partial charge in [-0.1, -0.05) is 26.0 Å². The molecule has 0 bridgehead atoms. The number of esters is 2. The Morgan fingerprint density at radius 3 is 2.41 bits per heavy atom. The first-order chi connectivity index (χ1) is 18.4. The third-order valence-electron chi connectivity index (χ3n) is 13.5. The monoisotopic (exact) mass is 534 g/mol. The Labute approximate surface area is 226 Å². The van der Waals surface area contributed by atoms with Gasteiger partial charge in [0.2, 0.25) is 0 Å². The zero-order valence-electron chi connectivity index (χ0n) is 22.9. The van der Waals surface area contributed by atoms with Crippen LogP contribution in [0.4, 0.5) is 0 Å². The van der Waals surface area contributed by atoms with Crippen molar-refractivity contribution in [2.24, 2.45) is 46.3 Å². The summed E-state index contributed by atoms with van der Waals surface area (Å²) < 4.78 is 18.7.